The van der Waals surface area contributed by atoms with Gasteiger partial charge in [-0.1, -0.05) is 19.8 Å². The summed E-state index contributed by atoms with van der Waals surface area (Å²) in [5, 5.41) is 0. The second-order valence-electron chi connectivity index (χ2n) is 5.12. The molecule has 1 saturated heterocycles. The lowest BCUT2D eigenvalue weighted by Gasteiger charge is -2.36. The topological polar surface area (TPSA) is 3.24 Å². The van der Waals surface area contributed by atoms with Crippen LogP contribution < -0.4 is 0 Å². The minimum atomic E-state index is 1.05. The average Bonchev–Trinajstić information content (AvgIpc) is 2.33. The summed E-state index contributed by atoms with van der Waals surface area (Å²) < 4.78 is 0. The van der Waals surface area contributed by atoms with E-state index in [1.807, 2.05) is 0 Å². The van der Waals surface area contributed by atoms with Gasteiger partial charge in [0, 0.05) is 13.1 Å². The van der Waals surface area contributed by atoms with Crippen LogP contribution in [0.4, 0.5) is 0 Å². The molecule has 1 saturated carbocycles. The molecular weight excluding hydrogens is 158 g/mol. The Bertz CT molecular complexity index is 153. The van der Waals surface area contributed by atoms with Crippen molar-refractivity contribution in [1.82, 2.24) is 4.90 Å². The van der Waals surface area contributed by atoms with Crippen molar-refractivity contribution in [3.8, 4) is 0 Å². The van der Waals surface area contributed by atoms with Crippen molar-refractivity contribution in [2.24, 2.45) is 17.8 Å². The van der Waals surface area contributed by atoms with E-state index in [0.29, 0.717) is 0 Å². The van der Waals surface area contributed by atoms with Crippen molar-refractivity contribution in [3.05, 3.63) is 0 Å². The largest absolute Gasteiger partial charge is 0.306 e. The third-order valence-corrected chi connectivity index (χ3v) is 4.10. The van der Waals surface area contributed by atoms with Gasteiger partial charge in [0.25, 0.3) is 0 Å². The van der Waals surface area contributed by atoms with E-state index in [0.717, 1.165) is 17.8 Å². The van der Waals surface area contributed by atoms with E-state index in [1.54, 1.807) is 0 Å². The summed E-state index contributed by atoms with van der Waals surface area (Å²) in [5.74, 6) is 3.20. The number of rotatable bonds is 3. The molecule has 1 heteroatoms. The molecule has 1 heterocycles. The highest BCUT2D eigenvalue weighted by molar-refractivity contribution is 4.91. The third-order valence-electron chi connectivity index (χ3n) is 4.10. The molecule has 13 heavy (non-hydrogen) atoms. The number of hydrogen-bond acceptors (Lipinski definition) is 1. The van der Waals surface area contributed by atoms with Crippen LogP contribution in [0.5, 0.6) is 0 Å². The van der Waals surface area contributed by atoms with E-state index >= 15 is 0 Å². The Hall–Kier alpha value is -0.0400. The lowest BCUT2D eigenvalue weighted by Crippen LogP contribution is -2.39. The lowest BCUT2D eigenvalue weighted by molar-refractivity contribution is 0.124. The van der Waals surface area contributed by atoms with Gasteiger partial charge in [0.15, 0.2) is 0 Å². The summed E-state index contributed by atoms with van der Waals surface area (Å²) in [5.41, 5.74) is 0. The monoisotopic (exact) mass is 181 g/mol. The lowest BCUT2D eigenvalue weighted by atomic mass is 9.82. The van der Waals surface area contributed by atoms with Gasteiger partial charge in [0.05, 0.1) is 0 Å². The van der Waals surface area contributed by atoms with Gasteiger partial charge >= 0.3 is 0 Å². The first kappa shape index (κ1) is 9.51. The molecule has 2 bridgehead atoms. The molecule has 0 amide bonds. The number of nitrogens with zero attached hydrogens (tertiary/aromatic N) is 1. The predicted octanol–water partition coefficient (Wildman–Crippen LogP) is 2.76. The van der Waals surface area contributed by atoms with Gasteiger partial charge < -0.3 is 4.90 Å². The molecule has 76 valence electrons. The molecule has 0 N–H and O–H groups in total. The number of likely N-dealkylation sites (tertiary alicyclic amines) is 1. The normalized spacial score (nSPS) is 39.7. The zero-order valence-corrected chi connectivity index (χ0v) is 9.13. The molecular formula is C12H23N. The number of fused-ring (bicyclic) bond motifs is 2. The van der Waals surface area contributed by atoms with Gasteiger partial charge in [-0.3, -0.25) is 0 Å². The Morgan fingerprint density at radius 3 is 2.31 bits per heavy atom. The van der Waals surface area contributed by atoms with Gasteiger partial charge in [-0.05, 0) is 44.1 Å². The van der Waals surface area contributed by atoms with E-state index in [4.69, 9.17) is 0 Å². The van der Waals surface area contributed by atoms with Crippen LogP contribution in [-0.2, 0) is 0 Å². The van der Waals surface area contributed by atoms with E-state index in [1.165, 1.54) is 45.2 Å². The van der Waals surface area contributed by atoms with Gasteiger partial charge in [-0.2, -0.15) is 0 Å². The molecule has 2 unspecified atom stereocenters. The quantitative estimate of drug-likeness (QED) is 0.647. The maximum absolute atomic E-state index is 2.55. The number of hydrogen-bond donors (Lipinski definition) is 0. The van der Waals surface area contributed by atoms with Crippen molar-refractivity contribution >= 4 is 0 Å². The maximum Gasteiger partial charge on any atom is 0.000949 e. The highest BCUT2D eigenvalue weighted by atomic mass is 15.1. The summed E-state index contributed by atoms with van der Waals surface area (Å²) in [6, 6.07) is 0. The zero-order valence-electron chi connectivity index (χ0n) is 9.13. The molecule has 1 aliphatic carbocycles. The molecule has 0 aromatic heterocycles. The van der Waals surface area contributed by atoms with Crippen LogP contribution in [0.15, 0.2) is 0 Å². The molecule has 2 fully saturated rings. The first-order chi connectivity index (χ1) is 6.31. The van der Waals surface area contributed by atoms with Crippen molar-refractivity contribution in [3.63, 3.8) is 0 Å². The molecule has 0 radical (unpaired) electrons. The van der Waals surface area contributed by atoms with Crippen molar-refractivity contribution in [1.29, 1.82) is 0 Å². The first-order valence-electron chi connectivity index (χ1n) is 5.99. The summed E-state index contributed by atoms with van der Waals surface area (Å²) in [6.45, 7) is 5.08. The van der Waals surface area contributed by atoms with Gasteiger partial charge in [-0.15, -0.1) is 0 Å². The van der Waals surface area contributed by atoms with Gasteiger partial charge in [-0.25, -0.2) is 0 Å². The van der Waals surface area contributed by atoms with Crippen molar-refractivity contribution in [2.45, 2.75) is 39.0 Å². The van der Waals surface area contributed by atoms with E-state index in [9.17, 15) is 0 Å². The molecule has 0 aromatic carbocycles. The minimum Gasteiger partial charge on any atom is -0.306 e. The van der Waals surface area contributed by atoms with Crippen LogP contribution in [0.1, 0.15) is 39.0 Å². The highest BCUT2D eigenvalue weighted by Crippen LogP contribution is 2.43. The smallest absolute Gasteiger partial charge is 0.000949 e. The molecule has 2 rings (SSSR count). The Balaban J connectivity index is 1.90. The van der Waals surface area contributed by atoms with Crippen LogP contribution in [0.2, 0.25) is 0 Å². The number of unbranched alkanes of at least 4 members (excludes halogenated alkanes) is 1. The molecule has 0 aromatic rings. The predicted molar refractivity (Wildman–Crippen MR) is 56.7 cm³/mol. The van der Waals surface area contributed by atoms with Crippen molar-refractivity contribution < 1.29 is 0 Å². The summed E-state index contributed by atoms with van der Waals surface area (Å²) in [7, 11) is 2.29. The van der Waals surface area contributed by atoms with E-state index in [-0.39, 0.29) is 0 Å². The molecule has 0 spiro atoms. The Kier molecular flexibility index (Phi) is 2.92. The number of piperidine rings is 1. The summed E-state index contributed by atoms with van der Waals surface area (Å²) >= 11 is 0. The van der Waals surface area contributed by atoms with Crippen LogP contribution in [0.3, 0.4) is 0 Å². The van der Waals surface area contributed by atoms with E-state index in [2.05, 4.69) is 18.9 Å². The van der Waals surface area contributed by atoms with Gasteiger partial charge in [0.1, 0.15) is 0 Å². The van der Waals surface area contributed by atoms with Crippen molar-refractivity contribution in [2.75, 3.05) is 20.1 Å². The Morgan fingerprint density at radius 1 is 1.15 bits per heavy atom. The fourth-order valence-corrected chi connectivity index (χ4v) is 3.48. The maximum atomic E-state index is 2.55. The summed E-state index contributed by atoms with van der Waals surface area (Å²) in [6.07, 6.45) is 7.39. The second kappa shape index (κ2) is 4.00. The van der Waals surface area contributed by atoms with Crippen LogP contribution in [0, 0.1) is 17.8 Å². The fraction of sp³-hybridized carbons (Fsp3) is 1.00. The van der Waals surface area contributed by atoms with Crippen LogP contribution in [0.25, 0.3) is 0 Å². The van der Waals surface area contributed by atoms with Crippen LogP contribution in [-0.4, -0.2) is 25.0 Å². The third kappa shape index (κ3) is 1.90. The molecule has 1 nitrogen and oxygen atoms in total. The summed E-state index contributed by atoms with van der Waals surface area (Å²) in [4.78, 5) is 2.55. The minimum absolute atomic E-state index is 1.05. The molecule has 2 aliphatic rings. The molecule has 1 aliphatic heterocycles. The first-order valence-corrected chi connectivity index (χ1v) is 5.99. The SMILES string of the molecule is CCCCC1C2CCC1CN(C)C2. The fourth-order valence-electron chi connectivity index (χ4n) is 3.48. The van der Waals surface area contributed by atoms with Gasteiger partial charge in [0.2, 0.25) is 0 Å². The molecule has 2 atom stereocenters. The Labute approximate surface area is 82.5 Å². The average molecular weight is 181 g/mol. The Morgan fingerprint density at radius 2 is 1.77 bits per heavy atom. The van der Waals surface area contributed by atoms with Crippen LogP contribution >= 0.6 is 0 Å². The standard InChI is InChI=1S/C12H23N/c1-3-4-5-12-10-6-7-11(12)9-13(2)8-10/h10-12H,3-9H2,1-2H3. The highest BCUT2D eigenvalue weighted by Gasteiger charge is 2.39. The second-order valence-corrected chi connectivity index (χ2v) is 5.12. The van der Waals surface area contributed by atoms with E-state index < -0.39 is 0 Å². The zero-order chi connectivity index (χ0) is 9.26.